The average molecular weight is 440 g/mol. The molecule has 0 bridgehead atoms. The molecule has 160 valence electrons. The molecule has 1 unspecified atom stereocenters. The van der Waals surface area contributed by atoms with Gasteiger partial charge in [-0.2, -0.15) is 4.28 Å². The number of halogens is 1. The van der Waals surface area contributed by atoms with Crippen molar-refractivity contribution in [1.29, 1.82) is 0 Å². The van der Waals surface area contributed by atoms with Gasteiger partial charge in [0.2, 0.25) is 0 Å². The van der Waals surface area contributed by atoms with E-state index < -0.39 is 11.3 Å². The Morgan fingerprint density at radius 3 is 2.29 bits per heavy atom. The number of rotatable bonds is 6. The minimum Gasteiger partial charge on any atom is -0.328 e. The third-order valence-electron chi connectivity index (χ3n) is 4.90. The van der Waals surface area contributed by atoms with Crippen molar-refractivity contribution in [1.82, 2.24) is 18.8 Å². The van der Waals surface area contributed by atoms with Crippen LogP contribution in [0.2, 0.25) is 0 Å². The molecule has 4 aromatic rings. The van der Waals surface area contributed by atoms with E-state index in [0.29, 0.717) is 5.82 Å². The lowest BCUT2D eigenvalue weighted by atomic mass is 9.99. The number of anilines is 1. The van der Waals surface area contributed by atoms with Gasteiger partial charge in [0.1, 0.15) is 11.5 Å². The summed E-state index contributed by atoms with van der Waals surface area (Å²) < 4.78 is 34.4. The van der Waals surface area contributed by atoms with E-state index in [9.17, 15) is 8.60 Å². The van der Waals surface area contributed by atoms with Gasteiger partial charge in [-0.25, -0.2) is 23.0 Å². The fourth-order valence-electron chi connectivity index (χ4n) is 3.42. The topological polar surface area (TPSA) is 63.5 Å². The summed E-state index contributed by atoms with van der Waals surface area (Å²) in [5.41, 5.74) is 4.45. The summed E-state index contributed by atoms with van der Waals surface area (Å²) in [6.45, 7) is 0. The van der Waals surface area contributed by atoms with Gasteiger partial charge in [-0.3, -0.25) is 4.98 Å². The molecule has 7 nitrogen and oxygen atoms in total. The van der Waals surface area contributed by atoms with Gasteiger partial charge in [-0.15, -0.1) is 0 Å². The molecule has 3 aromatic heterocycles. The Bertz CT molecular complexity index is 1240. The molecule has 1 atom stereocenters. The van der Waals surface area contributed by atoms with Crippen LogP contribution in [0.5, 0.6) is 0 Å². The highest BCUT2D eigenvalue weighted by atomic mass is 32.2. The second-order valence-electron chi connectivity index (χ2n) is 7.17. The number of pyridine rings is 2. The predicted molar refractivity (Wildman–Crippen MR) is 121 cm³/mol. The number of hydrogen-bond acceptors (Lipinski definition) is 5. The maximum atomic E-state index is 13.6. The third kappa shape index (κ3) is 4.07. The van der Waals surface area contributed by atoms with E-state index in [2.05, 4.69) is 4.98 Å². The molecule has 0 saturated heterocycles. The highest BCUT2D eigenvalue weighted by Gasteiger charge is 2.21. The van der Waals surface area contributed by atoms with Crippen LogP contribution in [0.3, 0.4) is 0 Å². The van der Waals surface area contributed by atoms with Crippen LogP contribution < -0.4 is 5.06 Å². The minimum atomic E-state index is -1.63. The van der Waals surface area contributed by atoms with Crippen molar-refractivity contribution in [2.45, 2.75) is 0 Å². The number of aryl methyl sites for hydroxylation is 1. The fourth-order valence-corrected chi connectivity index (χ4v) is 3.82. The Labute approximate surface area is 182 Å². The molecule has 0 N–H and O–H groups in total. The normalized spacial score (nSPS) is 12.5. The monoisotopic (exact) mass is 439 g/mol. The van der Waals surface area contributed by atoms with Gasteiger partial charge in [0, 0.05) is 51.5 Å². The molecule has 0 amide bonds. The van der Waals surface area contributed by atoms with E-state index in [0.717, 1.165) is 33.4 Å². The van der Waals surface area contributed by atoms with E-state index in [1.54, 1.807) is 45.7 Å². The first-order chi connectivity index (χ1) is 14.9. The van der Waals surface area contributed by atoms with E-state index in [4.69, 9.17) is 9.27 Å². The van der Waals surface area contributed by atoms with Gasteiger partial charge >= 0.3 is 0 Å². The number of hydrogen-bond donors (Lipinski definition) is 0. The Morgan fingerprint density at radius 2 is 1.65 bits per heavy atom. The maximum absolute atomic E-state index is 13.6. The van der Waals surface area contributed by atoms with Crippen molar-refractivity contribution in [2.75, 3.05) is 26.2 Å². The molecule has 0 spiro atoms. The second kappa shape index (κ2) is 8.54. The average Bonchev–Trinajstić information content (AvgIpc) is 3.06. The van der Waals surface area contributed by atoms with Crippen molar-refractivity contribution in [3.63, 3.8) is 0 Å². The van der Waals surface area contributed by atoms with Crippen LogP contribution in [0.25, 0.3) is 33.4 Å². The maximum Gasteiger partial charge on any atom is 0.259 e. The molecule has 9 heteroatoms. The Balaban J connectivity index is 1.90. The largest absolute Gasteiger partial charge is 0.328 e. The molecular weight excluding hydrogens is 417 g/mol. The van der Waals surface area contributed by atoms with Crippen LogP contribution in [0.15, 0.2) is 60.9 Å². The summed E-state index contributed by atoms with van der Waals surface area (Å²) in [5.74, 6) is 0.219. The summed E-state index contributed by atoms with van der Waals surface area (Å²) in [4.78, 5) is 8.88. The standard InChI is InChI=1S/C22H22FN5O2S/c1-26(2)31(29)30-28(4)19-10-9-18-20(15-11-13-24-14-12-15)21(27(3)22(18)25-19)16-5-7-17(23)8-6-16/h5-14H,1-4H3. The van der Waals surface area contributed by atoms with Gasteiger partial charge in [-0.05, 0) is 59.7 Å². The van der Waals surface area contributed by atoms with Gasteiger partial charge in [0.15, 0.2) is 5.82 Å². The number of nitrogens with zero attached hydrogens (tertiary/aromatic N) is 5. The van der Waals surface area contributed by atoms with E-state index in [1.165, 1.54) is 21.5 Å². The van der Waals surface area contributed by atoms with Gasteiger partial charge < -0.3 is 4.57 Å². The van der Waals surface area contributed by atoms with E-state index in [-0.39, 0.29) is 5.82 Å². The van der Waals surface area contributed by atoms with Crippen molar-refractivity contribution >= 4 is 28.1 Å². The molecule has 3 heterocycles. The van der Waals surface area contributed by atoms with Crippen molar-refractivity contribution in [2.24, 2.45) is 7.05 Å². The second-order valence-corrected chi connectivity index (χ2v) is 8.48. The number of hydroxylamine groups is 1. The zero-order valence-electron chi connectivity index (χ0n) is 17.6. The fraction of sp³-hybridized carbons (Fsp3) is 0.182. The molecule has 0 aliphatic rings. The van der Waals surface area contributed by atoms with Crippen LogP contribution in [-0.2, 0) is 22.6 Å². The molecule has 0 saturated carbocycles. The summed E-state index contributed by atoms with van der Waals surface area (Å²) in [7, 11) is 6.89. The smallest absolute Gasteiger partial charge is 0.259 e. The molecule has 1 aromatic carbocycles. The van der Waals surface area contributed by atoms with Crippen LogP contribution in [0, 0.1) is 5.82 Å². The highest BCUT2D eigenvalue weighted by Crippen LogP contribution is 2.40. The van der Waals surface area contributed by atoms with Crippen molar-refractivity contribution in [3.8, 4) is 22.4 Å². The highest BCUT2D eigenvalue weighted by molar-refractivity contribution is 7.77. The SMILES string of the molecule is CN(OS(=O)N(C)C)c1ccc2c(-c3ccncc3)c(-c3ccc(F)cc3)n(C)c2n1. The molecular formula is C22H22FN5O2S. The zero-order chi connectivity index (χ0) is 22.1. The number of aromatic nitrogens is 3. The lowest BCUT2D eigenvalue weighted by Gasteiger charge is -2.18. The Hall–Kier alpha value is -3.14. The lowest BCUT2D eigenvalue weighted by molar-refractivity contribution is 0.308. The lowest BCUT2D eigenvalue weighted by Crippen LogP contribution is -2.27. The number of fused-ring (bicyclic) bond motifs is 1. The van der Waals surface area contributed by atoms with Crippen molar-refractivity contribution < 1.29 is 12.9 Å². The van der Waals surface area contributed by atoms with Crippen LogP contribution in [0.4, 0.5) is 10.2 Å². The van der Waals surface area contributed by atoms with Gasteiger partial charge in [-0.1, -0.05) is 0 Å². The molecule has 31 heavy (non-hydrogen) atoms. The summed E-state index contributed by atoms with van der Waals surface area (Å²) in [5, 5.41) is 2.31. The zero-order valence-corrected chi connectivity index (χ0v) is 18.4. The first-order valence-electron chi connectivity index (χ1n) is 9.54. The van der Waals surface area contributed by atoms with Crippen LogP contribution in [-0.4, -0.2) is 44.2 Å². The number of benzene rings is 1. The quantitative estimate of drug-likeness (QED) is 0.426. The Morgan fingerprint density at radius 1 is 0.968 bits per heavy atom. The molecule has 0 radical (unpaired) electrons. The first-order valence-corrected chi connectivity index (χ1v) is 10.6. The Kier molecular flexibility index (Phi) is 5.81. The van der Waals surface area contributed by atoms with Crippen LogP contribution in [0.1, 0.15) is 0 Å². The molecule has 4 rings (SSSR count). The predicted octanol–water partition coefficient (Wildman–Crippen LogP) is 3.95. The van der Waals surface area contributed by atoms with Crippen molar-refractivity contribution in [3.05, 3.63) is 66.7 Å². The summed E-state index contributed by atoms with van der Waals surface area (Å²) in [6.07, 6.45) is 3.48. The molecule has 0 aliphatic carbocycles. The van der Waals surface area contributed by atoms with Gasteiger partial charge in [0.05, 0.1) is 5.69 Å². The van der Waals surface area contributed by atoms with E-state index in [1.807, 2.05) is 35.9 Å². The van der Waals surface area contributed by atoms with Gasteiger partial charge in [0.25, 0.3) is 11.3 Å². The summed E-state index contributed by atoms with van der Waals surface area (Å²) >= 11 is -1.63. The van der Waals surface area contributed by atoms with E-state index >= 15 is 0 Å². The first kappa shape index (κ1) is 21.1. The third-order valence-corrected chi connectivity index (χ3v) is 5.85. The molecule has 0 fully saturated rings. The summed E-state index contributed by atoms with van der Waals surface area (Å²) in [6, 6.07) is 14.0. The van der Waals surface area contributed by atoms with Crippen LogP contribution >= 0.6 is 0 Å². The molecule has 0 aliphatic heterocycles. The minimum absolute atomic E-state index is 0.291.